The maximum atomic E-state index is 12.1. The van der Waals surface area contributed by atoms with Crippen LogP contribution in [-0.4, -0.2) is 18.0 Å². The van der Waals surface area contributed by atoms with Crippen molar-refractivity contribution in [3.8, 4) is 0 Å². The van der Waals surface area contributed by atoms with Crippen molar-refractivity contribution < 1.29 is 9.21 Å². The Morgan fingerprint density at radius 1 is 1.29 bits per heavy atom. The van der Waals surface area contributed by atoms with Crippen LogP contribution >= 0.6 is 12.4 Å². The van der Waals surface area contributed by atoms with Gasteiger partial charge in [0, 0.05) is 17.5 Å². The monoisotopic (exact) mass is 310 g/mol. The second-order valence-corrected chi connectivity index (χ2v) is 5.40. The molecule has 0 unspecified atom stereocenters. The number of furan rings is 1. The molecule has 1 aromatic carbocycles. The fourth-order valence-electron chi connectivity index (χ4n) is 2.12. The summed E-state index contributed by atoms with van der Waals surface area (Å²) in [6.07, 6.45) is 1.65. The largest absolute Gasteiger partial charge is 0.451 e. The summed E-state index contributed by atoms with van der Waals surface area (Å²) in [5.41, 5.74) is 7.69. The summed E-state index contributed by atoms with van der Waals surface area (Å²) >= 11 is 0. The van der Waals surface area contributed by atoms with E-state index in [9.17, 15) is 4.79 Å². The van der Waals surface area contributed by atoms with Gasteiger partial charge < -0.3 is 15.5 Å². The molecular formula is C16H23ClN2O2. The average Bonchev–Trinajstić information content (AvgIpc) is 2.87. The van der Waals surface area contributed by atoms with E-state index in [1.54, 1.807) is 6.07 Å². The van der Waals surface area contributed by atoms with Crippen LogP contribution in [0.15, 0.2) is 28.7 Å². The number of carbonyl (C=O) groups is 1. The Morgan fingerprint density at radius 2 is 1.95 bits per heavy atom. The molecule has 0 saturated carbocycles. The molecule has 116 valence electrons. The normalized spacial score (nSPS) is 11.2. The molecule has 0 spiro atoms. The summed E-state index contributed by atoms with van der Waals surface area (Å²) in [7, 11) is 0. The first-order valence-corrected chi connectivity index (χ1v) is 7.04. The van der Waals surface area contributed by atoms with Gasteiger partial charge in [0.15, 0.2) is 5.76 Å². The first kappa shape index (κ1) is 17.5. The van der Waals surface area contributed by atoms with E-state index >= 15 is 0 Å². The molecule has 0 aliphatic carbocycles. The van der Waals surface area contributed by atoms with Crippen LogP contribution in [0.25, 0.3) is 11.0 Å². The van der Waals surface area contributed by atoms with Crippen molar-refractivity contribution in [2.75, 3.05) is 6.54 Å². The van der Waals surface area contributed by atoms with Crippen molar-refractivity contribution in [1.29, 1.82) is 0 Å². The maximum absolute atomic E-state index is 12.1. The number of benzene rings is 1. The summed E-state index contributed by atoms with van der Waals surface area (Å²) in [6, 6.07) is 7.62. The van der Waals surface area contributed by atoms with Gasteiger partial charge in [0.05, 0.1) is 0 Å². The summed E-state index contributed by atoms with van der Waals surface area (Å²) in [5.74, 6) is 0.121. The molecule has 0 aliphatic rings. The zero-order valence-corrected chi connectivity index (χ0v) is 13.5. The van der Waals surface area contributed by atoms with Crippen molar-refractivity contribution in [2.45, 2.75) is 39.2 Å². The lowest BCUT2D eigenvalue weighted by atomic mass is 9.94. The van der Waals surface area contributed by atoms with E-state index in [1.165, 1.54) is 0 Å². The van der Waals surface area contributed by atoms with Crippen molar-refractivity contribution in [3.05, 3.63) is 35.6 Å². The minimum absolute atomic E-state index is 0. The molecule has 2 aromatic rings. The lowest BCUT2D eigenvalue weighted by Gasteiger charge is -2.26. The molecule has 0 radical (unpaired) electrons. The highest BCUT2D eigenvalue weighted by molar-refractivity contribution is 5.96. The summed E-state index contributed by atoms with van der Waals surface area (Å²) in [5, 5.41) is 3.80. The van der Waals surface area contributed by atoms with E-state index in [2.05, 4.69) is 5.32 Å². The van der Waals surface area contributed by atoms with E-state index in [0.717, 1.165) is 29.4 Å². The van der Waals surface area contributed by atoms with Crippen LogP contribution in [0.1, 0.15) is 42.8 Å². The minimum Gasteiger partial charge on any atom is -0.451 e. The standard InChI is InChI=1S/C16H22N2O2.ClH/c1-4-16(17,5-2)10-18-15(19)14-9-12-8-11(3)6-7-13(12)20-14;/h6-9H,4-5,10,17H2,1-3H3,(H,18,19);1H. The van der Waals surface area contributed by atoms with Gasteiger partial charge in [0.25, 0.3) is 5.91 Å². The molecule has 1 amide bonds. The number of hydrogen-bond acceptors (Lipinski definition) is 3. The van der Waals surface area contributed by atoms with Crippen LogP contribution < -0.4 is 11.1 Å². The van der Waals surface area contributed by atoms with Gasteiger partial charge in [-0.15, -0.1) is 12.4 Å². The van der Waals surface area contributed by atoms with Crippen LogP contribution in [0.3, 0.4) is 0 Å². The molecule has 1 aromatic heterocycles. The smallest absolute Gasteiger partial charge is 0.287 e. The quantitative estimate of drug-likeness (QED) is 0.889. The van der Waals surface area contributed by atoms with Gasteiger partial charge in [-0.05, 0) is 38.0 Å². The van der Waals surface area contributed by atoms with Gasteiger partial charge >= 0.3 is 0 Å². The lowest BCUT2D eigenvalue weighted by molar-refractivity contribution is 0.0916. The van der Waals surface area contributed by atoms with Crippen molar-refractivity contribution in [2.24, 2.45) is 5.73 Å². The van der Waals surface area contributed by atoms with Gasteiger partial charge in [-0.2, -0.15) is 0 Å². The molecule has 21 heavy (non-hydrogen) atoms. The van der Waals surface area contributed by atoms with E-state index in [4.69, 9.17) is 10.2 Å². The van der Waals surface area contributed by atoms with Gasteiger partial charge in [-0.25, -0.2) is 0 Å². The van der Waals surface area contributed by atoms with E-state index in [0.29, 0.717) is 12.3 Å². The fraction of sp³-hybridized carbons (Fsp3) is 0.438. The van der Waals surface area contributed by atoms with Crippen molar-refractivity contribution in [3.63, 3.8) is 0 Å². The number of nitrogens with one attached hydrogen (secondary N) is 1. The first-order chi connectivity index (χ1) is 9.47. The number of rotatable bonds is 5. The summed E-state index contributed by atoms with van der Waals surface area (Å²) < 4.78 is 5.56. The van der Waals surface area contributed by atoms with Crippen molar-refractivity contribution >= 4 is 29.3 Å². The molecule has 0 atom stereocenters. The van der Waals surface area contributed by atoms with Crippen LogP contribution in [0.2, 0.25) is 0 Å². The number of carbonyl (C=O) groups excluding carboxylic acids is 1. The highest BCUT2D eigenvalue weighted by atomic mass is 35.5. The number of amides is 1. The summed E-state index contributed by atoms with van der Waals surface area (Å²) in [4.78, 5) is 12.1. The molecule has 0 aliphatic heterocycles. The third-order valence-corrected chi connectivity index (χ3v) is 3.90. The van der Waals surface area contributed by atoms with E-state index in [1.807, 2.05) is 39.0 Å². The molecule has 0 saturated heterocycles. The average molecular weight is 311 g/mol. The molecule has 4 nitrogen and oxygen atoms in total. The molecule has 0 fully saturated rings. The molecular weight excluding hydrogens is 288 g/mol. The topological polar surface area (TPSA) is 68.3 Å². The molecule has 2 rings (SSSR count). The van der Waals surface area contributed by atoms with Crippen LogP contribution in [0.5, 0.6) is 0 Å². The number of fused-ring (bicyclic) bond motifs is 1. The van der Waals surface area contributed by atoms with E-state index < -0.39 is 0 Å². The lowest BCUT2D eigenvalue weighted by Crippen LogP contribution is -2.49. The predicted molar refractivity (Wildman–Crippen MR) is 88.0 cm³/mol. The van der Waals surface area contributed by atoms with Crippen LogP contribution in [-0.2, 0) is 0 Å². The maximum Gasteiger partial charge on any atom is 0.287 e. The molecule has 0 bridgehead atoms. The number of hydrogen-bond donors (Lipinski definition) is 2. The zero-order chi connectivity index (χ0) is 14.8. The van der Waals surface area contributed by atoms with E-state index in [-0.39, 0.29) is 23.9 Å². The second-order valence-electron chi connectivity index (χ2n) is 5.40. The van der Waals surface area contributed by atoms with Crippen LogP contribution in [0.4, 0.5) is 0 Å². The SMILES string of the molecule is CCC(N)(CC)CNC(=O)c1cc2cc(C)ccc2o1.Cl. The van der Waals surface area contributed by atoms with Gasteiger partial charge in [-0.1, -0.05) is 25.5 Å². The Bertz CT molecular complexity index is 618. The first-order valence-electron chi connectivity index (χ1n) is 7.04. The fourth-order valence-corrected chi connectivity index (χ4v) is 2.12. The number of halogens is 1. The molecule has 5 heteroatoms. The Kier molecular flexibility index (Phi) is 5.81. The van der Waals surface area contributed by atoms with Gasteiger partial charge in [-0.3, -0.25) is 4.79 Å². The Balaban J connectivity index is 0.00000220. The highest BCUT2D eigenvalue weighted by Crippen LogP contribution is 2.20. The molecule has 1 heterocycles. The van der Waals surface area contributed by atoms with Crippen LogP contribution in [0, 0.1) is 6.92 Å². The predicted octanol–water partition coefficient (Wildman–Crippen LogP) is 3.41. The van der Waals surface area contributed by atoms with Crippen molar-refractivity contribution in [1.82, 2.24) is 5.32 Å². The van der Waals surface area contributed by atoms with Gasteiger partial charge in [0.1, 0.15) is 5.58 Å². The number of aryl methyl sites for hydroxylation is 1. The second kappa shape index (κ2) is 6.96. The third kappa shape index (κ3) is 3.99. The Labute approximate surface area is 131 Å². The minimum atomic E-state index is -0.349. The Hall–Kier alpha value is -1.52. The summed E-state index contributed by atoms with van der Waals surface area (Å²) in [6.45, 7) is 6.52. The molecule has 3 N–H and O–H groups in total. The zero-order valence-electron chi connectivity index (χ0n) is 12.7. The highest BCUT2D eigenvalue weighted by Gasteiger charge is 2.22. The Morgan fingerprint density at radius 3 is 2.57 bits per heavy atom. The van der Waals surface area contributed by atoms with Gasteiger partial charge in [0.2, 0.25) is 0 Å². The number of nitrogens with two attached hydrogens (primary N) is 1. The third-order valence-electron chi connectivity index (χ3n) is 3.90.